The monoisotopic (exact) mass is 358 g/mol. The molecule has 0 spiro atoms. The fourth-order valence-corrected chi connectivity index (χ4v) is 1.10. The Morgan fingerprint density at radius 3 is 2.35 bits per heavy atom. The maximum atomic E-state index is 4.96. The van der Waals surface area contributed by atoms with Crippen LogP contribution in [0.5, 0.6) is 0 Å². The highest BCUT2D eigenvalue weighted by Gasteiger charge is 2.02. The Balaban J connectivity index is 0. The summed E-state index contributed by atoms with van der Waals surface area (Å²) in [6.45, 7) is 7.73. The minimum Gasteiger partial charge on any atom is -0.383 e. The first-order chi connectivity index (χ1) is 7.61. The van der Waals surface area contributed by atoms with Gasteiger partial charge in [-0.15, -0.1) is 24.0 Å². The lowest BCUT2D eigenvalue weighted by atomic mass is 10.3. The molecule has 0 aliphatic heterocycles. The lowest BCUT2D eigenvalue weighted by Crippen LogP contribution is -2.42. The van der Waals surface area contributed by atoms with Gasteiger partial charge in [0.2, 0.25) is 0 Å². The van der Waals surface area contributed by atoms with Crippen LogP contribution >= 0.6 is 24.0 Å². The molecular formula is C11H27IN4O. The fourth-order valence-electron chi connectivity index (χ4n) is 1.10. The molecule has 6 heteroatoms. The highest BCUT2D eigenvalue weighted by molar-refractivity contribution is 14.0. The molecule has 0 aromatic rings. The predicted octanol–water partition coefficient (Wildman–Crippen LogP) is 0.756. The normalized spacial score (nSPS) is 11.6. The molecular weight excluding hydrogens is 331 g/mol. The number of methoxy groups -OCH3 is 1. The Bertz CT molecular complexity index is 200. The molecule has 0 amide bonds. The van der Waals surface area contributed by atoms with E-state index in [1.54, 1.807) is 14.2 Å². The number of nitrogens with one attached hydrogen (secondary N) is 2. The minimum atomic E-state index is 0. The molecule has 0 radical (unpaired) electrons. The van der Waals surface area contributed by atoms with Crippen LogP contribution in [0.1, 0.15) is 13.8 Å². The number of aliphatic imine (C=N–C) groups is 1. The van der Waals surface area contributed by atoms with E-state index in [1.807, 2.05) is 0 Å². The van der Waals surface area contributed by atoms with E-state index in [1.165, 1.54) is 0 Å². The molecule has 104 valence electrons. The van der Waals surface area contributed by atoms with E-state index in [9.17, 15) is 0 Å². The maximum Gasteiger partial charge on any atom is 0.191 e. The molecule has 0 fully saturated rings. The van der Waals surface area contributed by atoms with Gasteiger partial charge in [-0.25, -0.2) is 0 Å². The molecule has 0 aliphatic carbocycles. The van der Waals surface area contributed by atoms with Gasteiger partial charge in [0, 0.05) is 39.8 Å². The van der Waals surface area contributed by atoms with E-state index in [0.717, 1.165) is 25.6 Å². The van der Waals surface area contributed by atoms with Crippen molar-refractivity contribution in [1.29, 1.82) is 0 Å². The topological polar surface area (TPSA) is 48.9 Å². The van der Waals surface area contributed by atoms with Crippen molar-refractivity contribution >= 4 is 29.9 Å². The molecule has 0 atom stereocenters. The summed E-state index contributed by atoms with van der Waals surface area (Å²) in [6.07, 6.45) is 0. The van der Waals surface area contributed by atoms with Crippen molar-refractivity contribution in [2.75, 3.05) is 47.4 Å². The number of likely N-dealkylation sites (N-methyl/N-ethyl adjacent to an activating group) is 1. The van der Waals surface area contributed by atoms with Gasteiger partial charge in [-0.3, -0.25) is 4.99 Å². The molecule has 0 saturated carbocycles. The SMILES string of the molecule is CN=C(NCCOC)NCCN(C)C(C)C.I. The quantitative estimate of drug-likeness (QED) is 0.305. The van der Waals surface area contributed by atoms with Crippen LogP contribution in [0, 0.1) is 0 Å². The summed E-state index contributed by atoms with van der Waals surface area (Å²) >= 11 is 0. The molecule has 0 bridgehead atoms. The average Bonchev–Trinajstić information content (AvgIpc) is 2.26. The summed E-state index contributed by atoms with van der Waals surface area (Å²) in [6, 6.07) is 0.574. The Kier molecular flexibility index (Phi) is 14.0. The molecule has 2 N–H and O–H groups in total. The summed E-state index contributed by atoms with van der Waals surface area (Å²) in [5, 5.41) is 6.42. The molecule has 0 aromatic carbocycles. The Hall–Kier alpha value is -0.0800. The van der Waals surface area contributed by atoms with Crippen LogP contribution in [0.4, 0.5) is 0 Å². The Morgan fingerprint density at radius 2 is 1.88 bits per heavy atom. The molecule has 0 aromatic heterocycles. The van der Waals surface area contributed by atoms with Crippen LogP contribution in [0.2, 0.25) is 0 Å². The van der Waals surface area contributed by atoms with Crippen LogP contribution in [-0.2, 0) is 4.74 Å². The van der Waals surface area contributed by atoms with Crippen molar-refractivity contribution in [3.8, 4) is 0 Å². The maximum absolute atomic E-state index is 4.96. The Labute approximate surface area is 122 Å². The third kappa shape index (κ3) is 10.8. The first kappa shape index (κ1) is 19.3. The van der Waals surface area contributed by atoms with Crippen LogP contribution in [-0.4, -0.2) is 64.3 Å². The van der Waals surface area contributed by atoms with Gasteiger partial charge < -0.3 is 20.3 Å². The van der Waals surface area contributed by atoms with Crippen molar-refractivity contribution < 1.29 is 4.74 Å². The lowest BCUT2D eigenvalue weighted by molar-refractivity contribution is 0.203. The van der Waals surface area contributed by atoms with Gasteiger partial charge in [0.1, 0.15) is 0 Å². The van der Waals surface area contributed by atoms with E-state index in [-0.39, 0.29) is 24.0 Å². The number of hydrogen-bond donors (Lipinski definition) is 2. The zero-order valence-corrected chi connectivity index (χ0v) is 13.9. The van der Waals surface area contributed by atoms with Gasteiger partial charge in [0.15, 0.2) is 5.96 Å². The van der Waals surface area contributed by atoms with E-state index < -0.39 is 0 Å². The smallest absolute Gasteiger partial charge is 0.191 e. The van der Waals surface area contributed by atoms with Gasteiger partial charge in [-0.1, -0.05) is 0 Å². The van der Waals surface area contributed by atoms with E-state index in [2.05, 4.69) is 41.4 Å². The zero-order chi connectivity index (χ0) is 12.4. The number of guanidine groups is 1. The van der Waals surface area contributed by atoms with Crippen molar-refractivity contribution in [2.24, 2.45) is 4.99 Å². The number of hydrogen-bond acceptors (Lipinski definition) is 3. The minimum absolute atomic E-state index is 0. The van der Waals surface area contributed by atoms with E-state index in [4.69, 9.17) is 4.74 Å². The summed E-state index contributed by atoms with van der Waals surface area (Å²) < 4.78 is 4.96. The molecule has 0 aliphatic rings. The number of ether oxygens (including phenoxy) is 1. The van der Waals surface area contributed by atoms with E-state index in [0.29, 0.717) is 12.6 Å². The summed E-state index contributed by atoms with van der Waals surface area (Å²) in [4.78, 5) is 6.41. The van der Waals surface area contributed by atoms with Crippen molar-refractivity contribution in [1.82, 2.24) is 15.5 Å². The molecule has 0 heterocycles. The lowest BCUT2D eigenvalue weighted by Gasteiger charge is -2.21. The van der Waals surface area contributed by atoms with Gasteiger partial charge in [-0.05, 0) is 20.9 Å². The highest BCUT2D eigenvalue weighted by atomic mass is 127. The number of nitrogens with zero attached hydrogens (tertiary/aromatic N) is 2. The van der Waals surface area contributed by atoms with Crippen molar-refractivity contribution in [3.63, 3.8) is 0 Å². The summed E-state index contributed by atoms with van der Waals surface area (Å²) in [5.41, 5.74) is 0. The third-order valence-electron chi connectivity index (χ3n) is 2.46. The zero-order valence-electron chi connectivity index (χ0n) is 11.6. The van der Waals surface area contributed by atoms with Gasteiger partial charge in [-0.2, -0.15) is 0 Å². The number of rotatable bonds is 7. The molecule has 0 saturated heterocycles. The van der Waals surface area contributed by atoms with Crippen LogP contribution in [0.15, 0.2) is 4.99 Å². The molecule has 0 unspecified atom stereocenters. The second-order valence-corrected chi connectivity index (χ2v) is 3.99. The van der Waals surface area contributed by atoms with Crippen LogP contribution in [0.3, 0.4) is 0 Å². The van der Waals surface area contributed by atoms with Crippen molar-refractivity contribution in [3.05, 3.63) is 0 Å². The van der Waals surface area contributed by atoms with Gasteiger partial charge >= 0.3 is 0 Å². The molecule has 17 heavy (non-hydrogen) atoms. The van der Waals surface area contributed by atoms with Gasteiger partial charge in [0.05, 0.1) is 6.61 Å². The second kappa shape index (κ2) is 12.4. The average molecular weight is 358 g/mol. The fraction of sp³-hybridized carbons (Fsp3) is 0.909. The van der Waals surface area contributed by atoms with Crippen LogP contribution in [0.25, 0.3) is 0 Å². The van der Waals surface area contributed by atoms with Crippen molar-refractivity contribution in [2.45, 2.75) is 19.9 Å². The predicted molar refractivity (Wildman–Crippen MR) is 84.4 cm³/mol. The Morgan fingerprint density at radius 1 is 1.29 bits per heavy atom. The highest BCUT2D eigenvalue weighted by Crippen LogP contribution is 1.90. The largest absolute Gasteiger partial charge is 0.383 e. The van der Waals surface area contributed by atoms with Crippen LogP contribution < -0.4 is 10.6 Å². The summed E-state index contributed by atoms with van der Waals surface area (Å²) in [7, 11) is 5.58. The molecule has 5 nitrogen and oxygen atoms in total. The van der Waals surface area contributed by atoms with Gasteiger partial charge in [0.25, 0.3) is 0 Å². The standard InChI is InChI=1S/C11H26N4O.HI/c1-10(2)15(4)8-6-13-11(12-3)14-7-9-16-5;/h10H,6-9H2,1-5H3,(H2,12,13,14);1H. The first-order valence-corrected chi connectivity index (χ1v) is 5.75. The van der Waals surface area contributed by atoms with E-state index >= 15 is 0 Å². The first-order valence-electron chi connectivity index (χ1n) is 5.75. The summed E-state index contributed by atoms with van der Waals surface area (Å²) in [5.74, 6) is 0.828. The third-order valence-corrected chi connectivity index (χ3v) is 2.46. The number of halogens is 1. The molecule has 0 rings (SSSR count). The second-order valence-electron chi connectivity index (χ2n) is 3.99.